The molecule has 0 fully saturated rings. The van der Waals surface area contributed by atoms with E-state index >= 15 is 0 Å². The third kappa shape index (κ3) is 3.62. The molecule has 0 heterocycles. The first-order valence-electron chi connectivity index (χ1n) is 2.09. The van der Waals surface area contributed by atoms with E-state index in [9.17, 15) is 0 Å². The van der Waals surface area contributed by atoms with E-state index in [2.05, 4.69) is 0 Å². The predicted molar refractivity (Wildman–Crippen MR) is 40.2 cm³/mol. The Bertz CT molecular complexity index is 28.4. The fraction of sp³-hybridized carbons (Fsp3) is 1.00. The molecule has 0 saturated heterocycles. The average Bonchev–Trinajstić information content (AvgIpc) is 1.72. The maximum atomic E-state index is 4.74. The standard InChI is InChI=1S/C4H10S3/c5-1-4(2-6)3-7/h4-7H,1-3H2/p-3. The van der Waals surface area contributed by atoms with Gasteiger partial charge in [-0.15, -0.1) is 5.92 Å². The normalized spacial score (nSPS) is 10.3. The second-order valence-electron chi connectivity index (χ2n) is 1.37. The van der Waals surface area contributed by atoms with Crippen molar-refractivity contribution in [2.45, 2.75) is 0 Å². The summed E-state index contributed by atoms with van der Waals surface area (Å²) in [5.74, 6) is 2.62. The molecule has 0 radical (unpaired) electrons. The van der Waals surface area contributed by atoms with Gasteiger partial charge in [-0.1, -0.05) is 0 Å². The van der Waals surface area contributed by atoms with Crippen LogP contribution in [0.25, 0.3) is 0 Å². The van der Waals surface area contributed by atoms with Gasteiger partial charge in [0.15, 0.2) is 0 Å². The van der Waals surface area contributed by atoms with E-state index in [-0.39, 0.29) is 0 Å². The molecule has 0 unspecified atom stereocenters. The molecule has 44 valence electrons. The van der Waals surface area contributed by atoms with E-state index in [1.807, 2.05) is 0 Å². The fourth-order valence-electron chi connectivity index (χ4n) is 0.144. The number of rotatable bonds is 3. The Kier molecular flexibility index (Phi) is 5.97. The van der Waals surface area contributed by atoms with Crippen molar-refractivity contribution in [2.75, 3.05) is 17.3 Å². The van der Waals surface area contributed by atoms with E-state index in [0.29, 0.717) is 5.92 Å². The fourth-order valence-corrected chi connectivity index (χ4v) is 1.30. The summed E-state index contributed by atoms with van der Waals surface area (Å²) >= 11 is 14.2. The first-order valence-corrected chi connectivity index (χ1v) is 3.82. The molecule has 0 aliphatic carbocycles. The monoisotopic (exact) mass is 151 g/mol. The Morgan fingerprint density at radius 1 is 0.857 bits per heavy atom. The molecular weight excluding hydrogens is 144 g/mol. The van der Waals surface area contributed by atoms with Gasteiger partial charge in [0, 0.05) is 0 Å². The van der Waals surface area contributed by atoms with E-state index in [1.165, 1.54) is 0 Å². The van der Waals surface area contributed by atoms with Crippen molar-refractivity contribution in [3.05, 3.63) is 0 Å². The molecule has 0 N–H and O–H groups in total. The smallest absolute Gasteiger partial charge is 0.107 e. The van der Waals surface area contributed by atoms with Gasteiger partial charge in [-0.05, 0) is 0 Å². The van der Waals surface area contributed by atoms with Crippen molar-refractivity contribution in [1.82, 2.24) is 0 Å². The van der Waals surface area contributed by atoms with E-state index in [1.54, 1.807) is 0 Å². The third-order valence-electron chi connectivity index (χ3n) is 0.707. The van der Waals surface area contributed by atoms with Crippen molar-refractivity contribution < 1.29 is 0 Å². The molecule has 0 saturated carbocycles. The summed E-state index contributed by atoms with van der Waals surface area (Å²) in [4.78, 5) is 0. The summed E-state index contributed by atoms with van der Waals surface area (Å²) in [5, 5.41) is 0. The lowest BCUT2D eigenvalue weighted by molar-refractivity contribution is 0.784. The second kappa shape index (κ2) is 5.19. The highest BCUT2D eigenvalue weighted by Gasteiger charge is 1.79. The SMILES string of the molecule is [S-]CC(C[S-])C[S-]. The van der Waals surface area contributed by atoms with Crippen LogP contribution in [0.1, 0.15) is 0 Å². The van der Waals surface area contributed by atoms with E-state index in [0.717, 1.165) is 17.3 Å². The van der Waals surface area contributed by atoms with Gasteiger partial charge in [-0.25, -0.2) is 0 Å². The minimum Gasteiger partial charge on any atom is -0.792 e. The highest BCUT2D eigenvalue weighted by atomic mass is 32.1. The summed E-state index contributed by atoms with van der Waals surface area (Å²) in [6, 6.07) is 0. The van der Waals surface area contributed by atoms with Gasteiger partial charge in [0.05, 0.1) is 0 Å². The van der Waals surface area contributed by atoms with Gasteiger partial charge in [0.25, 0.3) is 0 Å². The Morgan fingerprint density at radius 2 is 1.14 bits per heavy atom. The first-order chi connectivity index (χ1) is 3.35. The summed E-state index contributed by atoms with van der Waals surface area (Å²) in [5.41, 5.74) is 0. The molecular formula is C4H7S3-3. The minimum absolute atomic E-state index is 0.431. The average molecular weight is 151 g/mol. The molecule has 0 nitrogen and oxygen atoms in total. The number of hydrogen-bond acceptors (Lipinski definition) is 3. The van der Waals surface area contributed by atoms with Crippen LogP contribution in [0, 0.1) is 5.92 Å². The molecule has 0 atom stereocenters. The van der Waals surface area contributed by atoms with Gasteiger partial charge in [0.2, 0.25) is 0 Å². The van der Waals surface area contributed by atoms with Gasteiger partial charge in [-0.3, -0.25) is 0 Å². The third-order valence-corrected chi connectivity index (χ3v) is 2.12. The van der Waals surface area contributed by atoms with Crippen LogP contribution < -0.4 is 0 Å². The van der Waals surface area contributed by atoms with Crippen LogP contribution in [-0.2, 0) is 37.9 Å². The maximum Gasteiger partial charge on any atom is -0.107 e. The van der Waals surface area contributed by atoms with Gasteiger partial charge < -0.3 is 37.9 Å². The molecule has 0 aromatic heterocycles. The maximum absolute atomic E-state index is 4.74. The van der Waals surface area contributed by atoms with Gasteiger partial charge in [-0.2, -0.15) is 17.3 Å². The van der Waals surface area contributed by atoms with Crippen molar-refractivity contribution in [3.8, 4) is 0 Å². The van der Waals surface area contributed by atoms with Crippen molar-refractivity contribution in [1.29, 1.82) is 0 Å². The summed E-state index contributed by atoms with van der Waals surface area (Å²) in [7, 11) is 0. The topological polar surface area (TPSA) is 0 Å². The van der Waals surface area contributed by atoms with E-state index in [4.69, 9.17) is 37.9 Å². The molecule has 0 aliphatic heterocycles. The van der Waals surface area contributed by atoms with Gasteiger partial charge >= 0.3 is 0 Å². The molecule has 3 heteroatoms. The summed E-state index contributed by atoms with van der Waals surface area (Å²) in [6.45, 7) is 0. The lowest BCUT2D eigenvalue weighted by atomic mass is 10.3. The second-order valence-corrected chi connectivity index (χ2v) is 2.37. The quantitative estimate of drug-likeness (QED) is 0.531. The predicted octanol–water partition coefficient (Wildman–Crippen LogP) is 0.243. The zero-order chi connectivity index (χ0) is 5.70. The lowest BCUT2D eigenvalue weighted by Crippen LogP contribution is -2.10. The van der Waals surface area contributed by atoms with Gasteiger partial charge in [0.1, 0.15) is 0 Å². The Hall–Kier alpha value is 1.05. The molecule has 0 aromatic rings. The molecule has 7 heavy (non-hydrogen) atoms. The van der Waals surface area contributed by atoms with Crippen LogP contribution in [0.5, 0.6) is 0 Å². The first kappa shape index (κ1) is 8.05. The van der Waals surface area contributed by atoms with Crippen LogP contribution in [-0.4, -0.2) is 17.3 Å². The van der Waals surface area contributed by atoms with Crippen molar-refractivity contribution >= 4 is 37.9 Å². The lowest BCUT2D eigenvalue weighted by Gasteiger charge is -2.26. The molecule has 0 rings (SSSR count). The van der Waals surface area contributed by atoms with Crippen LogP contribution in [0.2, 0.25) is 0 Å². The zero-order valence-electron chi connectivity index (χ0n) is 3.92. The Balaban J connectivity index is 2.99. The van der Waals surface area contributed by atoms with E-state index < -0.39 is 0 Å². The highest BCUT2D eigenvalue weighted by Crippen LogP contribution is 1.90. The van der Waals surface area contributed by atoms with Crippen LogP contribution in [0.3, 0.4) is 0 Å². The van der Waals surface area contributed by atoms with Crippen LogP contribution >= 0.6 is 0 Å². The highest BCUT2D eigenvalue weighted by molar-refractivity contribution is 7.60. The van der Waals surface area contributed by atoms with Crippen LogP contribution in [0.4, 0.5) is 0 Å². The molecule has 0 bridgehead atoms. The Morgan fingerprint density at radius 3 is 1.14 bits per heavy atom. The summed E-state index contributed by atoms with van der Waals surface area (Å²) in [6.07, 6.45) is 0. The molecule has 0 spiro atoms. The zero-order valence-corrected chi connectivity index (χ0v) is 6.37. The molecule has 0 aliphatic rings. The summed E-state index contributed by atoms with van der Waals surface area (Å²) < 4.78 is 0. The van der Waals surface area contributed by atoms with Crippen molar-refractivity contribution in [2.24, 2.45) is 5.92 Å². The molecule has 0 amide bonds. The largest absolute Gasteiger partial charge is 0.792 e. The Labute approximate surface area is 61.3 Å². The van der Waals surface area contributed by atoms with Crippen molar-refractivity contribution in [3.63, 3.8) is 0 Å². The molecule has 0 aromatic carbocycles. The van der Waals surface area contributed by atoms with Crippen LogP contribution in [0.15, 0.2) is 0 Å². The minimum atomic E-state index is 0.431. The number of hydrogen-bond donors (Lipinski definition) is 0.